The summed E-state index contributed by atoms with van der Waals surface area (Å²) in [7, 11) is 0. The minimum atomic E-state index is -5.06. The number of carbonyl (C=O) groups excluding carboxylic acids is 1. The first kappa shape index (κ1) is 21.4. The molecule has 2 atom stereocenters. The highest BCUT2D eigenvalue weighted by Gasteiger charge is 2.52. The van der Waals surface area contributed by atoms with Crippen LogP contribution in [0.25, 0.3) is 0 Å². The fraction of sp³-hybridized carbons (Fsp3) is 0.200. The van der Waals surface area contributed by atoms with E-state index in [4.69, 9.17) is 5.73 Å². The van der Waals surface area contributed by atoms with Gasteiger partial charge < -0.3 is 10.3 Å². The second-order valence-electron chi connectivity index (χ2n) is 6.45. The summed E-state index contributed by atoms with van der Waals surface area (Å²) in [6, 6.07) is 12.5. The van der Waals surface area contributed by atoms with Crippen molar-refractivity contribution in [1.29, 1.82) is 0 Å². The summed E-state index contributed by atoms with van der Waals surface area (Å²) in [5.74, 6) is -7.68. The highest BCUT2D eigenvalue weighted by molar-refractivity contribution is 5.92. The van der Waals surface area contributed by atoms with Crippen LogP contribution in [0.1, 0.15) is 44.8 Å². The lowest BCUT2D eigenvalue weighted by Gasteiger charge is -2.25. The van der Waals surface area contributed by atoms with Crippen molar-refractivity contribution in [2.24, 2.45) is 5.73 Å². The SMILES string of the molecule is NC(=O)c1onc(C(c2ccccc2)C(F)(F)F)c1C(c1ccccc1)C(F)(F)F. The number of hydrogen-bond donors (Lipinski definition) is 1. The maximum absolute atomic E-state index is 14.1. The third-order valence-corrected chi connectivity index (χ3v) is 4.46. The molecule has 0 aliphatic heterocycles. The number of nitrogens with zero attached hydrogens (tertiary/aromatic N) is 1. The third-order valence-electron chi connectivity index (χ3n) is 4.46. The number of alkyl halides is 6. The lowest BCUT2D eigenvalue weighted by atomic mass is 9.83. The standard InChI is InChI=1S/C20H14F6N2O2/c21-19(22,23)14(11-7-3-1-4-8-11)13-16(28-30-17(13)18(27)29)15(20(24,25)26)12-9-5-2-6-10-12/h1-10,14-15H,(H2,27,29). The Morgan fingerprint density at radius 2 is 1.23 bits per heavy atom. The van der Waals surface area contributed by atoms with Crippen molar-refractivity contribution in [1.82, 2.24) is 5.16 Å². The van der Waals surface area contributed by atoms with Gasteiger partial charge in [0.05, 0.1) is 0 Å². The Bertz CT molecular complexity index is 1010. The van der Waals surface area contributed by atoms with Gasteiger partial charge >= 0.3 is 12.4 Å². The number of amides is 1. The molecule has 1 heterocycles. The maximum Gasteiger partial charge on any atom is 0.401 e. The Morgan fingerprint density at radius 3 is 1.63 bits per heavy atom. The van der Waals surface area contributed by atoms with Gasteiger partial charge in [0, 0.05) is 5.56 Å². The summed E-state index contributed by atoms with van der Waals surface area (Å²) < 4.78 is 88.7. The lowest BCUT2D eigenvalue weighted by molar-refractivity contribution is -0.147. The molecule has 0 saturated heterocycles. The number of halogens is 6. The molecule has 1 aromatic heterocycles. The van der Waals surface area contributed by atoms with Crippen LogP contribution in [0.15, 0.2) is 65.2 Å². The smallest absolute Gasteiger partial charge is 0.363 e. The van der Waals surface area contributed by atoms with Crippen LogP contribution in [-0.2, 0) is 0 Å². The fourth-order valence-corrected chi connectivity index (χ4v) is 3.29. The summed E-state index contributed by atoms with van der Waals surface area (Å²) in [5, 5.41) is 3.24. The molecule has 0 aliphatic carbocycles. The van der Waals surface area contributed by atoms with Gasteiger partial charge in [0.25, 0.3) is 5.91 Å². The molecule has 158 valence electrons. The first-order chi connectivity index (χ1) is 14.0. The third kappa shape index (κ3) is 4.17. The van der Waals surface area contributed by atoms with Gasteiger partial charge in [0.15, 0.2) is 0 Å². The van der Waals surface area contributed by atoms with Crippen molar-refractivity contribution in [2.75, 3.05) is 0 Å². The second kappa shape index (κ2) is 7.85. The predicted molar refractivity (Wildman–Crippen MR) is 93.7 cm³/mol. The van der Waals surface area contributed by atoms with Gasteiger partial charge in [-0.2, -0.15) is 26.3 Å². The molecule has 10 heteroatoms. The van der Waals surface area contributed by atoms with E-state index in [9.17, 15) is 31.1 Å². The summed E-state index contributed by atoms with van der Waals surface area (Å²) in [6.07, 6.45) is -10.1. The zero-order chi connectivity index (χ0) is 22.1. The first-order valence-corrected chi connectivity index (χ1v) is 8.54. The van der Waals surface area contributed by atoms with Crippen molar-refractivity contribution in [3.8, 4) is 0 Å². The van der Waals surface area contributed by atoms with Gasteiger partial charge in [-0.05, 0) is 11.1 Å². The number of primary amides is 1. The Morgan fingerprint density at radius 1 is 0.800 bits per heavy atom. The van der Waals surface area contributed by atoms with Crippen LogP contribution in [0.4, 0.5) is 26.3 Å². The quantitative estimate of drug-likeness (QED) is 0.571. The van der Waals surface area contributed by atoms with Gasteiger partial charge in [0.2, 0.25) is 5.76 Å². The molecule has 0 fully saturated rings. The average Bonchev–Trinajstić information content (AvgIpc) is 3.05. The Kier molecular flexibility index (Phi) is 5.60. The average molecular weight is 428 g/mol. The van der Waals surface area contributed by atoms with E-state index < -0.39 is 47.1 Å². The summed E-state index contributed by atoms with van der Waals surface area (Å²) >= 11 is 0. The number of nitrogens with two attached hydrogens (primary N) is 1. The molecule has 3 rings (SSSR count). The maximum atomic E-state index is 14.1. The van der Waals surface area contributed by atoms with Crippen molar-refractivity contribution in [2.45, 2.75) is 24.2 Å². The van der Waals surface area contributed by atoms with Crippen molar-refractivity contribution in [3.63, 3.8) is 0 Å². The number of benzene rings is 2. The number of carbonyl (C=O) groups is 1. The Hall–Kier alpha value is -3.30. The molecular formula is C20H14F6N2O2. The van der Waals surface area contributed by atoms with Crippen molar-refractivity contribution in [3.05, 3.63) is 88.8 Å². The van der Waals surface area contributed by atoms with Crippen LogP contribution in [0.5, 0.6) is 0 Å². The van der Waals surface area contributed by atoms with Crippen molar-refractivity contribution >= 4 is 5.91 Å². The minimum Gasteiger partial charge on any atom is -0.363 e. The molecule has 0 spiro atoms. The van der Waals surface area contributed by atoms with E-state index in [1.54, 1.807) is 0 Å². The summed E-state index contributed by atoms with van der Waals surface area (Å²) in [5.41, 5.74) is 2.26. The molecule has 4 nitrogen and oxygen atoms in total. The van der Waals surface area contributed by atoms with Crippen LogP contribution < -0.4 is 5.73 Å². The molecule has 3 aromatic rings. The number of rotatable bonds is 5. The zero-order valence-corrected chi connectivity index (χ0v) is 15.0. The normalized spacial score (nSPS) is 14.3. The van der Waals surface area contributed by atoms with Crippen LogP contribution in [0, 0.1) is 0 Å². The van der Waals surface area contributed by atoms with E-state index in [0.29, 0.717) is 0 Å². The second-order valence-corrected chi connectivity index (χ2v) is 6.45. The molecule has 0 bridgehead atoms. The highest BCUT2D eigenvalue weighted by atomic mass is 19.4. The van der Waals surface area contributed by atoms with Gasteiger partial charge in [0.1, 0.15) is 17.5 Å². The van der Waals surface area contributed by atoms with Gasteiger partial charge in [-0.25, -0.2) is 0 Å². The topological polar surface area (TPSA) is 69.1 Å². The van der Waals surface area contributed by atoms with E-state index in [0.717, 1.165) is 24.3 Å². The highest BCUT2D eigenvalue weighted by Crippen LogP contribution is 2.48. The van der Waals surface area contributed by atoms with Crippen LogP contribution in [0.2, 0.25) is 0 Å². The van der Waals surface area contributed by atoms with Gasteiger partial charge in [-0.15, -0.1) is 0 Å². The molecule has 2 unspecified atom stereocenters. The molecule has 0 aliphatic rings. The molecule has 2 N–H and O–H groups in total. The molecule has 2 aromatic carbocycles. The van der Waals surface area contributed by atoms with Crippen molar-refractivity contribution < 1.29 is 35.7 Å². The fourth-order valence-electron chi connectivity index (χ4n) is 3.29. The van der Waals surface area contributed by atoms with Gasteiger partial charge in [-0.1, -0.05) is 65.8 Å². The molecular weight excluding hydrogens is 414 g/mol. The van der Waals surface area contributed by atoms with E-state index in [1.807, 2.05) is 0 Å². The number of aromatic nitrogens is 1. The Balaban J connectivity index is 2.34. The van der Waals surface area contributed by atoms with Crippen LogP contribution in [0.3, 0.4) is 0 Å². The monoisotopic (exact) mass is 428 g/mol. The first-order valence-electron chi connectivity index (χ1n) is 8.54. The molecule has 0 saturated carbocycles. The largest absolute Gasteiger partial charge is 0.401 e. The minimum absolute atomic E-state index is 0.357. The van der Waals surface area contributed by atoms with E-state index in [2.05, 4.69) is 9.68 Å². The predicted octanol–water partition coefficient (Wildman–Crippen LogP) is 5.16. The summed E-state index contributed by atoms with van der Waals surface area (Å²) in [6.45, 7) is 0. The van der Waals surface area contributed by atoms with Crippen LogP contribution in [-0.4, -0.2) is 23.4 Å². The molecule has 1 amide bonds. The van der Waals surface area contributed by atoms with Gasteiger partial charge in [-0.3, -0.25) is 4.79 Å². The molecule has 0 radical (unpaired) electrons. The summed E-state index contributed by atoms with van der Waals surface area (Å²) in [4.78, 5) is 11.7. The van der Waals surface area contributed by atoms with E-state index in [1.165, 1.54) is 36.4 Å². The Labute approximate surface area is 166 Å². The van der Waals surface area contributed by atoms with E-state index in [-0.39, 0.29) is 11.1 Å². The van der Waals surface area contributed by atoms with Crippen LogP contribution >= 0.6 is 0 Å². The number of hydrogen-bond acceptors (Lipinski definition) is 3. The lowest BCUT2D eigenvalue weighted by Crippen LogP contribution is -2.29. The molecule has 30 heavy (non-hydrogen) atoms. The zero-order valence-electron chi connectivity index (χ0n) is 15.0. The van der Waals surface area contributed by atoms with E-state index >= 15 is 0 Å².